The minimum absolute atomic E-state index is 0.251. The second-order valence-electron chi connectivity index (χ2n) is 5.58. The molecule has 21 heavy (non-hydrogen) atoms. The molecule has 2 atom stereocenters. The van der Waals surface area contributed by atoms with Gasteiger partial charge in [-0.1, -0.05) is 6.07 Å². The first-order valence-electron chi connectivity index (χ1n) is 6.87. The molecule has 7 heteroatoms. The van der Waals surface area contributed by atoms with E-state index in [1.807, 2.05) is 6.92 Å². The van der Waals surface area contributed by atoms with Gasteiger partial charge in [0.05, 0.1) is 11.6 Å². The zero-order chi connectivity index (χ0) is 15.7. The molecule has 1 aliphatic rings. The molecule has 0 bridgehead atoms. The lowest BCUT2D eigenvalue weighted by Crippen LogP contribution is -2.50. The smallest absolute Gasteiger partial charge is 0.244 e. The lowest BCUT2D eigenvalue weighted by molar-refractivity contribution is 0.0957. The van der Waals surface area contributed by atoms with Crippen LogP contribution < -0.4 is 10.0 Å². The van der Waals surface area contributed by atoms with Crippen LogP contribution in [0.25, 0.3) is 0 Å². The van der Waals surface area contributed by atoms with Crippen LogP contribution in [0.3, 0.4) is 0 Å². The Balaban J connectivity index is 2.27. The molecule has 0 amide bonds. The lowest BCUT2D eigenvalue weighted by atomic mass is 9.97. The Kier molecular flexibility index (Phi) is 4.67. The van der Waals surface area contributed by atoms with Crippen molar-refractivity contribution in [1.82, 2.24) is 10.0 Å². The monoisotopic (exact) mass is 316 g/mol. The SMILES string of the molecule is CNCc1ccc(S(=O)(=O)NC2(C)CCOC2C)c(F)c1. The molecule has 0 radical (unpaired) electrons. The Bertz CT molecular complexity index is 621. The second kappa shape index (κ2) is 6.00. The van der Waals surface area contributed by atoms with Gasteiger partial charge in [-0.25, -0.2) is 17.5 Å². The highest BCUT2D eigenvalue weighted by atomic mass is 32.2. The third kappa shape index (κ3) is 3.42. The predicted octanol–water partition coefficient (Wildman–Crippen LogP) is 1.39. The standard InChI is InChI=1S/C14H21FN2O3S/c1-10-14(2,6-7-20-10)17-21(18,19)13-5-4-11(9-16-3)8-12(13)15/h4-5,8,10,16-17H,6-7,9H2,1-3H3. The Morgan fingerprint density at radius 2 is 2.19 bits per heavy atom. The Morgan fingerprint density at radius 3 is 2.71 bits per heavy atom. The van der Waals surface area contributed by atoms with Gasteiger partial charge in [-0.3, -0.25) is 0 Å². The molecule has 1 aromatic carbocycles. The molecule has 0 spiro atoms. The quantitative estimate of drug-likeness (QED) is 0.861. The van der Waals surface area contributed by atoms with Crippen LogP contribution in [0, 0.1) is 5.82 Å². The fourth-order valence-electron chi connectivity index (χ4n) is 2.41. The number of halogens is 1. The molecule has 1 aromatic rings. The molecule has 2 rings (SSSR count). The van der Waals surface area contributed by atoms with E-state index < -0.39 is 21.4 Å². The third-order valence-electron chi connectivity index (χ3n) is 3.92. The molecule has 5 nitrogen and oxygen atoms in total. The van der Waals surface area contributed by atoms with Crippen LogP contribution in [0.15, 0.2) is 23.1 Å². The van der Waals surface area contributed by atoms with Crippen molar-refractivity contribution < 1.29 is 17.5 Å². The van der Waals surface area contributed by atoms with Crippen LogP contribution >= 0.6 is 0 Å². The van der Waals surface area contributed by atoms with E-state index in [4.69, 9.17) is 4.74 Å². The van der Waals surface area contributed by atoms with E-state index in [0.717, 1.165) is 0 Å². The highest BCUT2D eigenvalue weighted by Crippen LogP contribution is 2.28. The van der Waals surface area contributed by atoms with Crippen molar-refractivity contribution in [3.8, 4) is 0 Å². The van der Waals surface area contributed by atoms with Crippen molar-refractivity contribution in [3.63, 3.8) is 0 Å². The first-order valence-corrected chi connectivity index (χ1v) is 8.35. The molecule has 1 fully saturated rings. The van der Waals surface area contributed by atoms with Gasteiger partial charge < -0.3 is 10.1 Å². The minimum atomic E-state index is -3.92. The zero-order valence-corrected chi connectivity index (χ0v) is 13.3. The number of rotatable bonds is 5. The van der Waals surface area contributed by atoms with Crippen molar-refractivity contribution in [3.05, 3.63) is 29.6 Å². The first-order chi connectivity index (χ1) is 9.78. The highest BCUT2D eigenvalue weighted by Gasteiger charge is 2.41. The molecule has 2 unspecified atom stereocenters. The number of hydrogen-bond donors (Lipinski definition) is 2. The number of sulfonamides is 1. The molecular formula is C14H21FN2O3S. The Labute approximate surface area is 124 Å². The Hall–Kier alpha value is -1.02. The fourth-order valence-corrected chi connectivity index (χ4v) is 3.96. The van der Waals surface area contributed by atoms with Crippen molar-refractivity contribution >= 4 is 10.0 Å². The van der Waals surface area contributed by atoms with E-state index in [1.54, 1.807) is 20.0 Å². The van der Waals surface area contributed by atoms with Crippen molar-refractivity contribution in [1.29, 1.82) is 0 Å². The van der Waals surface area contributed by atoms with Gasteiger partial charge in [0.15, 0.2) is 0 Å². The molecule has 118 valence electrons. The predicted molar refractivity (Wildman–Crippen MR) is 77.9 cm³/mol. The summed E-state index contributed by atoms with van der Waals surface area (Å²) in [7, 11) is -2.18. The molecule has 2 N–H and O–H groups in total. The summed E-state index contributed by atoms with van der Waals surface area (Å²) in [5.74, 6) is -0.745. The van der Waals surface area contributed by atoms with Gasteiger partial charge in [0, 0.05) is 13.2 Å². The summed E-state index contributed by atoms with van der Waals surface area (Å²) in [6, 6.07) is 4.14. The largest absolute Gasteiger partial charge is 0.376 e. The van der Waals surface area contributed by atoms with Crippen LogP contribution in [-0.4, -0.2) is 33.7 Å². The maximum atomic E-state index is 14.1. The third-order valence-corrected chi connectivity index (χ3v) is 5.57. The summed E-state index contributed by atoms with van der Waals surface area (Å²) in [5, 5.41) is 2.89. The van der Waals surface area contributed by atoms with Gasteiger partial charge in [0.2, 0.25) is 10.0 Å². The summed E-state index contributed by atoms with van der Waals surface area (Å²) >= 11 is 0. The van der Waals surface area contributed by atoms with Crippen molar-refractivity contribution in [2.75, 3.05) is 13.7 Å². The summed E-state index contributed by atoms with van der Waals surface area (Å²) in [6.07, 6.45) is 0.311. The van der Waals surface area contributed by atoms with Crippen molar-refractivity contribution in [2.45, 2.75) is 43.4 Å². The van der Waals surface area contributed by atoms with Gasteiger partial charge in [0.25, 0.3) is 0 Å². The summed E-state index contributed by atoms with van der Waals surface area (Å²) < 4.78 is 46.9. The molecule has 0 aliphatic carbocycles. The highest BCUT2D eigenvalue weighted by molar-refractivity contribution is 7.89. The van der Waals surface area contributed by atoms with Crippen LogP contribution in [0.2, 0.25) is 0 Å². The fraction of sp³-hybridized carbons (Fsp3) is 0.571. The second-order valence-corrected chi connectivity index (χ2v) is 7.23. The maximum absolute atomic E-state index is 14.1. The normalized spacial score (nSPS) is 26.2. The number of benzene rings is 1. The van der Waals surface area contributed by atoms with E-state index in [0.29, 0.717) is 25.1 Å². The molecule has 0 aromatic heterocycles. The average Bonchev–Trinajstić information content (AvgIpc) is 2.68. The van der Waals surface area contributed by atoms with Crippen LogP contribution in [0.5, 0.6) is 0 Å². The topological polar surface area (TPSA) is 67.4 Å². The Morgan fingerprint density at radius 1 is 1.48 bits per heavy atom. The van der Waals surface area contributed by atoms with E-state index in [1.165, 1.54) is 12.1 Å². The molecular weight excluding hydrogens is 295 g/mol. The van der Waals surface area contributed by atoms with Gasteiger partial charge >= 0.3 is 0 Å². The first kappa shape index (κ1) is 16.4. The van der Waals surface area contributed by atoms with Gasteiger partial charge in [-0.2, -0.15) is 0 Å². The van der Waals surface area contributed by atoms with E-state index in [9.17, 15) is 12.8 Å². The molecule has 1 heterocycles. The molecule has 0 saturated carbocycles. The molecule has 1 aliphatic heterocycles. The summed E-state index contributed by atoms with van der Waals surface area (Å²) in [4.78, 5) is -0.331. The summed E-state index contributed by atoms with van der Waals surface area (Å²) in [5.41, 5.74) is -0.0210. The van der Waals surface area contributed by atoms with Crippen LogP contribution in [0.1, 0.15) is 25.8 Å². The van der Waals surface area contributed by atoms with Gasteiger partial charge in [0.1, 0.15) is 10.7 Å². The minimum Gasteiger partial charge on any atom is -0.376 e. The maximum Gasteiger partial charge on any atom is 0.244 e. The number of nitrogens with one attached hydrogen (secondary N) is 2. The summed E-state index contributed by atoms with van der Waals surface area (Å²) in [6.45, 7) is 4.55. The van der Waals surface area contributed by atoms with Crippen molar-refractivity contribution in [2.24, 2.45) is 0 Å². The van der Waals surface area contributed by atoms with Gasteiger partial charge in [-0.05, 0) is 45.0 Å². The number of hydrogen-bond acceptors (Lipinski definition) is 4. The van der Waals surface area contributed by atoms with Crippen LogP contribution in [0.4, 0.5) is 4.39 Å². The lowest BCUT2D eigenvalue weighted by Gasteiger charge is -2.28. The average molecular weight is 316 g/mol. The number of ether oxygens (including phenoxy) is 1. The molecule has 1 saturated heterocycles. The van der Waals surface area contributed by atoms with Crippen LogP contribution in [-0.2, 0) is 21.3 Å². The van der Waals surface area contributed by atoms with E-state index in [2.05, 4.69) is 10.0 Å². The van der Waals surface area contributed by atoms with E-state index in [-0.39, 0.29) is 11.0 Å². The zero-order valence-electron chi connectivity index (χ0n) is 12.4. The van der Waals surface area contributed by atoms with E-state index >= 15 is 0 Å². The van der Waals surface area contributed by atoms with Gasteiger partial charge in [-0.15, -0.1) is 0 Å².